The minimum atomic E-state index is 0.183. The number of hydrogen-bond acceptors (Lipinski definition) is 3. The highest BCUT2D eigenvalue weighted by molar-refractivity contribution is 6.30. The molecule has 0 aromatic heterocycles. The monoisotopic (exact) mass is 448 g/mol. The van der Waals surface area contributed by atoms with Gasteiger partial charge in [-0.1, -0.05) is 41.9 Å². The molecule has 0 spiro atoms. The lowest BCUT2D eigenvalue weighted by Gasteiger charge is -2.36. The summed E-state index contributed by atoms with van der Waals surface area (Å²) in [5, 5.41) is 0.682. The second-order valence-electron chi connectivity index (χ2n) is 8.67. The predicted octanol–water partition coefficient (Wildman–Crippen LogP) is 5.83. The van der Waals surface area contributed by atoms with E-state index in [1.54, 1.807) is 12.1 Å². The van der Waals surface area contributed by atoms with Crippen LogP contribution in [0.3, 0.4) is 0 Å². The van der Waals surface area contributed by atoms with E-state index < -0.39 is 0 Å². The number of benzene rings is 3. The van der Waals surface area contributed by atoms with Crippen molar-refractivity contribution < 1.29 is 9.53 Å². The number of carbonyl (C=O) groups excluding carboxylic acids is 1. The summed E-state index contributed by atoms with van der Waals surface area (Å²) < 4.78 is 5.85. The van der Waals surface area contributed by atoms with Crippen molar-refractivity contribution >= 4 is 23.2 Å². The third kappa shape index (κ3) is 5.70. The summed E-state index contributed by atoms with van der Waals surface area (Å²) in [5.41, 5.74) is 3.46. The SMILES string of the molecule is CN(C)CC1Cc2ccccc2N(C(=O)CCc2ccc(Oc3ccc(Cl)cc3)cc2)C1. The molecule has 3 aromatic carbocycles. The first-order valence-corrected chi connectivity index (χ1v) is 11.4. The molecule has 3 aromatic rings. The molecule has 5 heteroatoms. The molecule has 0 N–H and O–H groups in total. The number of hydrogen-bond donors (Lipinski definition) is 0. The lowest BCUT2D eigenvalue weighted by atomic mass is 9.91. The van der Waals surface area contributed by atoms with Crippen molar-refractivity contribution in [2.75, 3.05) is 32.1 Å². The molecule has 1 unspecified atom stereocenters. The number of aryl methyl sites for hydroxylation is 1. The molecule has 1 aliphatic heterocycles. The molecule has 32 heavy (non-hydrogen) atoms. The van der Waals surface area contributed by atoms with Gasteiger partial charge < -0.3 is 14.5 Å². The maximum atomic E-state index is 13.2. The molecule has 4 rings (SSSR count). The molecule has 0 bridgehead atoms. The number of rotatable bonds is 7. The van der Waals surface area contributed by atoms with Gasteiger partial charge in [-0.25, -0.2) is 0 Å². The van der Waals surface area contributed by atoms with Crippen LogP contribution in [-0.2, 0) is 17.6 Å². The van der Waals surface area contributed by atoms with Gasteiger partial charge in [0.05, 0.1) is 0 Å². The van der Waals surface area contributed by atoms with E-state index in [0.29, 0.717) is 23.8 Å². The first-order valence-electron chi connectivity index (χ1n) is 11.0. The van der Waals surface area contributed by atoms with E-state index in [9.17, 15) is 4.79 Å². The molecule has 1 atom stereocenters. The second-order valence-corrected chi connectivity index (χ2v) is 9.10. The zero-order valence-corrected chi connectivity index (χ0v) is 19.4. The molecule has 4 nitrogen and oxygen atoms in total. The van der Waals surface area contributed by atoms with Gasteiger partial charge in [-0.15, -0.1) is 0 Å². The summed E-state index contributed by atoms with van der Waals surface area (Å²) in [6, 6.07) is 23.5. The predicted molar refractivity (Wildman–Crippen MR) is 131 cm³/mol. The van der Waals surface area contributed by atoms with Crippen LogP contribution in [0.1, 0.15) is 17.5 Å². The number of para-hydroxylation sites is 1. The normalized spacial score (nSPS) is 15.5. The van der Waals surface area contributed by atoms with Crippen molar-refractivity contribution in [3.05, 3.63) is 88.9 Å². The smallest absolute Gasteiger partial charge is 0.227 e. The van der Waals surface area contributed by atoms with Crippen LogP contribution in [0.4, 0.5) is 5.69 Å². The van der Waals surface area contributed by atoms with Gasteiger partial charge in [-0.2, -0.15) is 0 Å². The Morgan fingerprint density at radius 2 is 1.66 bits per heavy atom. The van der Waals surface area contributed by atoms with Crippen LogP contribution in [0.5, 0.6) is 11.5 Å². The number of anilines is 1. The molecule has 0 saturated carbocycles. The quantitative estimate of drug-likeness (QED) is 0.455. The minimum absolute atomic E-state index is 0.183. The van der Waals surface area contributed by atoms with Gasteiger partial charge in [0.15, 0.2) is 0 Å². The van der Waals surface area contributed by atoms with Crippen molar-refractivity contribution in [2.24, 2.45) is 5.92 Å². The van der Waals surface area contributed by atoms with Crippen LogP contribution >= 0.6 is 11.6 Å². The maximum Gasteiger partial charge on any atom is 0.227 e. The molecule has 166 valence electrons. The minimum Gasteiger partial charge on any atom is -0.457 e. The molecule has 0 saturated heterocycles. The van der Waals surface area contributed by atoms with Gasteiger partial charge in [-0.3, -0.25) is 4.79 Å². The number of carbonyl (C=O) groups is 1. The summed E-state index contributed by atoms with van der Waals surface area (Å²) >= 11 is 5.92. The Labute approximate surface area is 195 Å². The van der Waals surface area contributed by atoms with E-state index in [2.05, 4.69) is 37.2 Å². The van der Waals surface area contributed by atoms with E-state index >= 15 is 0 Å². The van der Waals surface area contributed by atoms with Gasteiger partial charge in [0.25, 0.3) is 0 Å². The zero-order chi connectivity index (χ0) is 22.5. The molecular weight excluding hydrogens is 420 g/mol. The topological polar surface area (TPSA) is 32.8 Å². The van der Waals surface area contributed by atoms with E-state index in [1.165, 1.54) is 5.56 Å². The summed E-state index contributed by atoms with van der Waals surface area (Å²) in [6.45, 7) is 1.76. The fourth-order valence-electron chi connectivity index (χ4n) is 4.30. The largest absolute Gasteiger partial charge is 0.457 e. The lowest BCUT2D eigenvalue weighted by Crippen LogP contribution is -2.43. The Morgan fingerprint density at radius 3 is 2.34 bits per heavy atom. The molecule has 1 aliphatic rings. The summed E-state index contributed by atoms with van der Waals surface area (Å²) in [4.78, 5) is 17.4. The highest BCUT2D eigenvalue weighted by Crippen LogP contribution is 2.31. The Balaban J connectivity index is 1.38. The van der Waals surface area contributed by atoms with Crippen molar-refractivity contribution in [3.63, 3.8) is 0 Å². The molecule has 0 aliphatic carbocycles. The van der Waals surface area contributed by atoms with Gasteiger partial charge in [0.1, 0.15) is 11.5 Å². The van der Waals surface area contributed by atoms with Gasteiger partial charge in [0.2, 0.25) is 5.91 Å². The number of fused-ring (bicyclic) bond motifs is 1. The third-order valence-corrected chi connectivity index (χ3v) is 6.01. The van der Waals surface area contributed by atoms with Gasteiger partial charge in [-0.05, 0) is 86.4 Å². The highest BCUT2D eigenvalue weighted by Gasteiger charge is 2.28. The van der Waals surface area contributed by atoms with Crippen molar-refractivity contribution in [1.29, 1.82) is 0 Å². The van der Waals surface area contributed by atoms with Crippen molar-refractivity contribution in [2.45, 2.75) is 19.3 Å². The molecule has 0 fully saturated rings. The van der Waals surface area contributed by atoms with E-state index in [-0.39, 0.29) is 5.91 Å². The number of amides is 1. The average molecular weight is 449 g/mol. The van der Waals surface area contributed by atoms with E-state index in [1.807, 2.05) is 47.4 Å². The van der Waals surface area contributed by atoms with Crippen molar-refractivity contribution in [3.8, 4) is 11.5 Å². The van der Waals surface area contributed by atoms with Gasteiger partial charge in [0, 0.05) is 30.2 Å². The molecule has 1 heterocycles. The van der Waals surface area contributed by atoms with Gasteiger partial charge >= 0.3 is 0 Å². The Hall–Kier alpha value is -2.82. The van der Waals surface area contributed by atoms with Crippen LogP contribution in [0.2, 0.25) is 5.02 Å². The first-order chi connectivity index (χ1) is 15.5. The van der Waals surface area contributed by atoms with Crippen molar-refractivity contribution in [1.82, 2.24) is 4.90 Å². The summed E-state index contributed by atoms with van der Waals surface area (Å²) in [6.07, 6.45) is 2.21. The third-order valence-electron chi connectivity index (χ3n) is 5.76. The molecule has 1 amide bonds. The van der Waals surface area contributed by atoms with Crippen LogP contribution in [0.25, 0.3) is 0 Å². The number of nitrogens with zero attached hydrogens (tertiary/aromatic N) is 2. The fraction of sp³-hybridized carbons (Fsp3) is 0.296. The second kappa shape index (κ2) is 10.2. The van der Waals surface area contributed by atoms with Crippen LogP contribution in [0.15, 0.2) is 72.8 Å². The average Bonchev–Trinajstić information content (AvgIpc) is 2.79. The van der Waals surface area contributed by atoms with Crippen LogP contribution in [0, 0.1) is 5.92 Å². The van der Waals surface area contributed by atoms with Crippen LogP contribution < -0.4 is 9.64 Å². The Kier molecular flexibility index (Phi) is 7.13. The maximum absolute atomic E-state index is 13.2. The highest BCUT2D eigenvalue weighted by atomic mass is 35.5. The van der Waals surface area contributed by atoms with E-state index in [0.717, 1.165) is 42.3 Å². The van der Waals surface area contributed by atoms with E-state index in [4.69, 9.17) is 16.3 Å². The Morgan fingerprint density at radius 1 is 1.00 bits per heavy atom. The summed E-state index contributed by atoms with van der Waals surface area (Å²) in [7, 11) is 4.18. The number of halogens is 1. The zero-order valence-electron chi connectivity index (χ0n) is 18.6. The van der Waals surface area contributed by atoms with Crippen LogP contribution in [-0.4, -0.2) is 38.0 Å². The first kappa shape index (κ1) is 22.4. The number of ether oxygens (including phenoxy) is 1. The summed E-state index contributed by atoms with van der Waals surface area (Å²) in [5.74, 6) is 2.14. The fourth-order valence-corrected chi connectivity index (χ4v) is 4.43. The molecular formula is C27H29ClN2O2. The standard InChI is InChI=1S/C27H29ClN2O2/c1-29(2)18-21-17-22-5-3-4-6-26(22)30(19-21)27(31)16-9-20-7-12-24(13-8-20)32-25-14-10-23(28)11-15-25/h3-8,10-15,21H,9,16-19H2,1-2H3. The lowest BCUT2D eigenvalue weighted by molar-refractivity contribution is -0.118. The molecule has 0 radical (unpaired) electrons. The Bertz CT molecular complexity index is 1050.